The number of hydrogen-bond acceptors (Lipinski definition) is 3. The summed E-state index contributed by atoms with van der Waals surface area (Å²) in [5.74, 6) is 5.98. The minimum Gasteiger partial charge on any atom is -0.323 e. The number of aliphatic imine (C=N–C) groups is 1. The van der Waals surface area contributed by atoms with E-state index in [9.17, 15) is 0 Å². The fraction of sp³-hybridized carbons (Fsp3) is 0.231. The Morgan fingerprint density at radius 3 is 2.78 bits per heavy atom. The zero-order chi connectivity index (χ0) is 13.0. The van der Waals surface area contributed by atoms with Gasteiger partial charge in [0.15, 0.2) is 0 Å². The number of pyridine rings is 1. The number of benzene rings is 1. The maximum absolute atomic E-state index is 5.45. The molecule has 2 rings (SSSR count). The molecule has 0 unspecified atom stereocenters. The van der Waals surface area contributed by atoms with Gasteiger partial charge in [-0.2, -0.15) is 0 Å². The quantitative estimate of drug-likeness (QED) is 0.326. The van der Waals surface area contributed by atoms with E-state index in [1.54, 1.807) is 6.20 Å². The van der Waals surface area contributed by atoms with E-state index in [0.29, 0.717) is 5.96 Å². The second-order valence-electron chi connectivity index (χ2n) is 4.22. The summed E-state index contributed by atoms with van der Waals surface area (Å²) in [7, 11) is 0. The Labute approximate surface area is 106 Å². The van der Waals surface area contributed by atoms with Crippen molar-refractivity contribution in [2.24, 2.45) is 10.8 Å². The second kappa shape index (κ2) is 5.46. The molecule has 0 spiro atoms. The molecule has 0 amide bonds. The highest BCUT2D eigenvalue weighted by Gasteiger charge is 2.04. The number of rotatable bonds is 2. The van der Waals surface area contributed by atoms with Crippen molar-refractivity contribution in [3.63, 3.8) is 0 Å². The predicted octanol–water partition coefficient (Wildman–Crippen LogP) is 1.87. The number of nitrogens with two attached hydrogens (primary N) is 1. The third kappa shape index (κ3) is 2.75. The first kappa shape index (κ1) is 12.3. The van der Waals surface area contributed by atoms with E-state index in [-0.39, 0.29) is 6.04 Å². The van der Waals surface area contributed by atoms with Crippen molar-refractivity contribution in [3.05, 3.63) is 36.5 Å². The number of aromatic nitrogens is 1. The minimum atomic E-state index is 0.159. The van der Waals surface area contributed by atoms with E-state index in [2.05, 4.69) is 20.7 Å². The molecule has 0 radical (unpaired) electrons. The van der Waals surface area contributed by atoms with E-state index in [0.717, 1.165) is 16.6 Å². The molecule has 0 saturated carbocycles. The summed E-state index contributed by atoms with van der Waals surface area (Å²) in [5, 5.41) is 4.23. The molecular weight excluding hydrogens is 226 g/mol. The topological polar surface area (TPSA) is 75.3 Å². The van der Waals surface area contributed by atoms with Gasteiger partial charge in [-0.1, -0.05) is 18.2 Å². The van der Waals surface area contributed by atoms with Crippen LogP contribution in [0.1, 0.15) is 13.8 Å². The molecule has 0 fully saturated rings. The highest BCUT2D eigenvalue weighted by Crippen LogP contribution is 2.20. The number of guanidine groups is 1. The summed E-state index contributed by atoms with van der Waals surface area (Å²) in [6.45, 7) is 3.97. The Hall–Kier alpha value is -2.14. The average molecular weight is 243 g/mol. The molecule has 2 aromatic rings. The summed E-state index contributed by atoms with van der Waals surface area (Å²) in [6, 6.07) is 10.0. The molecule has 1 aromatic heterocycles. The molecule has 0 atom stereocenters. The number of nitrogens with zero attached hydrogens (tertiary/aromatic N) is 2. The first-order valence-electron chi connectivity index (χ1n) is 5.86. The lowest BCUT2D eigenvalue weighted by Gasteiger charge is -2.12. The summed E-state index contributed by atoms with van der Waals surface area (Å²) >= 11 is 0. The fourth-order valence-electron chi connectivity index (χ4n) is 1.70. The predicted molar refractivity (Wildman–Crippen MR) is 75.3 cm³/mol. The molecule has 1 heterocycles. The number of anilines is 1. The van der Waals surface area contributed by atoms with Crippen molar-refractivity contribution < 1.29 is 0 Å². The SMILES string of the molecule is CC(C)N=C(NN)Nc1cccc2cccnc12. The third-order valence-corrected chi connectivity index (χ3v) is 2.41. The van der Waals surface area contributed by atoms with Crippen LogP contribution in [0, 0.1) is 0 Å². The molecule has 5 nitrogen and oxygen atoms in total. The second-order valence-corrected chi connectivity index (χ2v) is 4.22. The Kier molecular flexibility index (Phi) is 3.74. The van der Waals surface area contributed by atoms with Crippen LogP contribution in [-0.2, 0) is 0 Å². The molecule has 0 aliphatic carbocycles. The van der Waals surface area contributed by atoms with E-state index in [4.69, 9.17) is 5.84 Å². The molecule has 5 heteroatoms. The third-order valence-electron chi connectivity index (χ3n) is 2.41. The molecule has 0 bridgehead atoms. The van der Waals surface area contributed by atoms with Crippen molar-refractivity contribution in [2.45, 2.75) is 19.9 Å². The van der Waals surface area contributed by atoms with Crippen LogP contribution in [0.25, 0.3) is 10.9 Å². The van der Waals surface area contributed by atoms with Gasteiger partial charge in [0.05, 0.1) is 11.2 Å². The standard InChI is InChI=1S/C13H17N5/c1-9(2)16-13(18-14)17-11-7-3-5-10-6-4-8-15-12(10)11/h3-9H,14H2,1-2H3,(H2,16,17,18). The number of nitrogens with one attached hydrogen (secondary N) is 2. The van der Waals surface area contributed by atoms with E-state index >= 15 is 0 Å². The van der Waals surface area contributed by atoms with Crippen LogP contribution in [0.2, 0.25) is 0 Å². The van der Waals surface area contributed by atoms with Gasteiger partial charge in [-0.05, 0) is 26.0 Å². The highest BCUT2D eigenvalue weighted by molar-refractivity contribution is 6.01. The van der Waals surface area contributed by atoms with Gasteiger partial charge < -0.3 is 5.32 Å². The van der Waals surface area contributed by atoms with Gasteiger partial charge in [-0.15, -0.1) is 0 Å². The van der Waals surface area contributed by atoms with Crippen molar-refractivity contribution in [1.29, 1.82) is 0 Å². The smallest absolute Gasteiger partial charge is 0.210 e. The Morgan fingerprint density at radius 2 is 2.06 bits per heavy atom. The lowest BCUT2D eigenvalue weighted by Crippen LogP contribution is -2.37. The number of hydrazine groups is 1. The normalized spacial score (nSPS) is 11.9. The zero-order valence-corrected chi connectivity index (χ0v) is 10.5. The average Bonchev–Trinajstić information content (AvgIpc) is 2.38. The first-order valence-corrected chi connectivity index (χ1v) is 5.86. The molecule has 18 heavy (non-hydrogen) atoms. The van der Waals surface area contributed by atoms with Crippen molar-refractivity contribution in [3.8, 4) is 0 Å². The van der Waals surface area contributed by atoms with Gasteiger partial charge in [0.2, 0.25) is 5.96 Å². The summed E-state index contributed by atoms with van der Waals surface area (Å²) in [6.07, 6.45) is 1.77. The largest absolute Gasteiger partial charge is 0.323 e. The van der Waals surface area contributed by atoms with Gasteiger partial charge in [-0.25, -0.2) is 10.8 Å². The van der Waals surface area contributed by atoms with Gasteiger partial charge >= 0.3 is 0 Å². The Balaban J connectivity index is 2.37. The minimum absolute atomic E-state index is 0.159. The number of hydrogen-bond donors (Lipinski definition) is 3. The molecule has 1 aromatic carbocycles. The maximum Gasteiger partial charge on any atom is 0.210 e. The van der Waals surface area contributed by atoms with Crippen LogP contribution in [0.4, 0.5) is 5.69 Å². The van der Waals surface area contributed by atoms with Crippen LogP contribution in [-0.4, -0.2) is 17.0 Å². The van der Waals surface area contributed by atoms with Crippen LogP contribution >= 0.6 is 0 Å². The monoisotopic (exact) mass is 243 g/mol. The summed E-state index contributed by atoms with van der Waals surface area (Å²) < 4.78 is 0. The lowest BCUT2D eigenvalue weighted by molar-refractivity contribution is 0.819. The van der Waals surface area contributed by atoms with E-state index < -0.39 is 0 Å². The van der Waals surface area contributed by atoms with Gasteiger partial charge in [0.25, 0.3) is 0 Å². The Bertz CT molecular complexity index is 557. The van der Waals surface area contributed by atoms with Gasteiger partial charge in [0, 0.05) is 17.6 Å². The van der Waals surface area contributed by atoms with Crippen LogP contribution < -0.4 is 16.6 Å². The first-order chi connectivity index (χ1) is 8.70. The van der Waals surface area contributed by atoms with E-state index in [1.807, 2.05) is 44.2 Å². The Morgan fingerprint density at radius 1 is 1.28 bits per heavy atom. The van der Waals surface area contributed by atoms with Crippen molar-refractivity contribution >= 4 is 22.5 Å². The molecule has 0 saturated heterocycles. The molecular formula is C13H17N5. The molecule has 4 N–H and O–H groups in total. The molecule has 0 aliphatic rings. The van der Waals surface area contributed by atoms with Crippen molar-refractivity contribution in [2.75, 3.05) is 5.32 Å². The van der Waals surface area contributed by atoms with Gasteiger partial charge in [0.1, 0.15) is 0 Å². The van der Waals surface area contributed by atoms with Crippen LogP contribution in [0.5, 0.6) is 0 Å². The molecule has 0 aliphatic heterocycles. The highest BCUT2D eigenvalue weighted by atomic mass is 15.3. The fourth-order valence-corrected chi connectivity index (χ4v) is 1.70. The van der Waals surface area contributed by atoms with Crippen molar-refractivity contribution in [1.82, 2.24) is 10.4 Å². The summed E-state index contributed by atoms with van der Waals surface area (Å²) in [5.41, 5.74) is 4.33. The number of fused-ring (bicyclic) bond motifs is 1. The van der Waals surface area contributed by atoms with Crippen LogP contribution in [0.15, 0.2) is 41.5 Å². The van der Waals surface area contributed by atoms with E-state index in [1.165, 1.54) is 0 Å². The number of para-hydroxylation sites is 1. The lowest BCUT2D eigenvalue weighted by atomic mass is 10.2. The van der Waals surface area contributed by atoms with Crippen LogP contribution in [0.3, 0.4) is 0 Å². The summed E-state index contributed by atoms with van der Waals surface area (Å²) in [4.78, 5) is 8.70. The zero-order valence-electron chi connectivity index (χ0n) is 10.5. The van der Waals surface area contributed by atoms with Gasteiger partial charge in [-0.3, -0.25) is 10.4 Å². The maximum atomic E-state index is 5.45. The molecule has 94 valence electrons.